The summed E-state index contributed by atoms with van der Waals surface area (Å²) < 4.78 is 16.7. The molecule has 1 atom stereocenters. The topological polar surface area (TPSA) is 106 Å². The second-order valence-electron chi connectivity index (χ2n) is 7.56. The Kier molecular flexibility index (Phi) is 6.46. The predicted octanol–water partition coefficient (Wildman–Crippen LogP) is 3.82. The molecule has 8 heteroatoms. The first-order valence-electron chi connectivity index (χ1n) is 10.5. The zero-order chi connectivity index (χ0) is 23.4. The maximum absolute atomic E-state index is 14.9. The summed E-state index contributed by atoms with van der Waals surface area (Å²) in [6, 6.07) is 14.5. The number of aliphatic hydroxyl groups is 1. The van der Waals surface area contributed by atoms with E-state index in [1.807, 2.05) is 25.3 Å². The average molecular weight is 445 g/mol. The molecule has 0 aliphatic carbocycles. The summed E-state index contributed by atoms with van der Waals surface area (Å²) in [6.45, 7) is 2.43. The largest absolute Gasteiger partial charge is 0.394 e. The number of anilines is 1. The van der Waals surface area contributed by atoms with Crippen LogP contribution in [0.2, 0.25) is 0 Å². The number of amides is 1. The highest BCUT2D eigenvalue weighted by Crippen LogP contribution is 2.30. The lowest BCUT2D eigenvalue weighted by molar-refractivity contribution is 0.0912. The number of aliphatic hydroxyl groups excluding tert-OH is 1. The summed E-state index contributed by atoms with van der Waals surface area (Å²) >= 11 is 0. The van der Waals surface area contributed by atoms with Gasteiger partial charge in [-0.3, -0.25) is 9.48 Å². The van der Waals surface area contributed by atoms with Gasteiger partial charge >= 0.3 is 0 Å². The SMILES string of the molecule is CCn1cc(-c2cnc(N)c(-c3ccc(C(=O)N[C@H](CO)c4ccccc4)c(F)c3)c2)cn1. The molecule has 33 heavy (non-hydrogen) atoms. The number of nitrogens with two attached hydrogens (primary N) is 1. The number of aromatic nitrogens is 3. The minimum absolute atomic E-state index is 0.125. The van der Waals surface area contributed by atoms with Crippen LogP contribution in [0.25, 0.3) is 22.3 Å². The second-order valence-corrected chi connectivity index (χ2v) is 7.56. The number of benzene rings is 2. The van der Waals surface area contributed by atoms with Crippen molar-refractivity contribution in [2.24, 2.45) is 0 Å². The van der Waals surface area contributed by atoms with E-state index in [9.17, 15) is 14.3 Å². The van der Waals surface area contributed by atoms with Crippen molar-refractivity contribution in [1.29, 1.82) is 0 Å². The fourth-order valence-corrected chi connectivity index (χ4v) is 3.57. The Morgan fingerprint density at radius 3 is 2.58 bits per heavy atom. The van der Waals surface area contributed by atoms with Crippen LogP contribution in [-0.2, 0) is 6.54 Å². The molecule has 4 rings (SSSR count). The van der Waals surface area contributed by atoms with Crippen LogP contribution in [0.15, 0.2) is 73.2 Å². The molecule has 0 aliphatic rings. The minimum Gasteiger partial charge on any atom is -0.394 e. The molecule has 2 aromatic heterocycles. The van der Waals surface area contributed by atoms with Crippen molar-refractivity contribution in [3.05, 3.63) is 90.1 Å². The normalized spacial score (nSPS) is 11.8. The first-order valence-corrected chi connectivity index (χ1v) is 10.5. The molecule has 0 saturated carbocycles. The summed E-state index contributed by atoms with van der Waals surface area (Å²) in [5, 5.41) is 16.6. The molecule has 4 aromatic rings. The zero-order valence-corrected chi connectivity index (χ0v) is 18.1. The molecule has 0 spiro atoms. The van der Waals surface area contributed by atoms with Gasteiger partial charge < -0.3 is 16.2 Å². The standard InChI is InChI=1S/C25H24FN5O2/c1-2-31-14-19(13-29-31)18-10-21(24(27)28-12-18)17-8-9-20(22(26)11-17)25(33)30-23(15-32)16-6-4-3-5-7-16/h3-14,23,32H,2,15H2,1H3,(H2,27,28)(H,30,33)/t23-/m1/s1. The van der Waals surface area contributed by atoms with Crippen LogP contribution in [-0.4, -0.2) is 32.4 Å². The number of nitrogens with zero attached hydrogens (tertiary/aromatic N) is 3. The molecule has 2 heterocycles. The maximum atomic E-state index is 14.9. The molecule has 1 amide bonds. The lowest BCUT2D eigenvalue weighted by atomic mass is 10.0. The van der Waals surface area contributed by atoms with E-state index in [4.69, 9.17) is 5.73 Å². The van der Waals surface area contributed by atoms with Gasteiger partial charge in [0.05, 0.1) is 24.4 Å². The van der Waals surface area contributed by atoms with Crippen molar-refractivity contribution in [3.8, 4) is 22.3 Å². The van der Waals surface area contributed by atoms with Crippen LogP contribution in [0, 0.1) is 5.82 Å². The van der Waals surface area contributed by atoms with E-state index in [1.165, 1.54) is 12.1 Å². The number of hydrogen-bond donors (Lipinski definition) is 3. The van der Waals surface area contributed by atoms with Gasteiger partial charge in [0.2, 0.25) is 0 Å². The Morgan fingerprint density at radius 1 is 1.12 bits per heavy atom. The maximum Gasteiger partial charge on any atom is 0.254 e. The highest BCUT2D eigenvalue weighted by Gasteiger charge is 2.19. The number of aryl methyl sites for hydroxylation is 1. The van der Waals surface area contributed by atoms with Gasteiger partial charge in [-0.15, -0.1) is 0 Å². The van der Waals surface area contributed by atoms with Crippen LogP contribution in [0.4, 0.5) is 10.2 Å². The van der Waals surface area contributed by atoms with Gasteiger partial charge in [0, 0.05) is 35.6 Å². The zero-order valence-electron chi connectivity index (χ0n) is 18.1. The molecule has 7 nitrogen and oxygen atoms in total. The van der Waals surface area contributed by atoms with Gasteiger partial charge in [-0.05, 0) is 36.2 Å². The number of hydrogen-bond acceptors (Lipinski definition) is 5. The molecular weight excluding hydrogens is 421 g/mol. The number of carbonyl (C=O) groups is 1. The van der Waals surface area contributed by atoms with Crippen molar-refractivity contribution < 1.29 is 14.3 Å². The van der Waals surface area contributed by atoms with Crippen LogP contribution >= 0.6 is 0 Å². The highest BCUT2D eigenvalue weighted by molar-refractivity contribution is 5.95. The van der Waals surface area contributed by atoms with E-state index in [-0.39, 0.29) is 18.0 Å². The first-order chi connectivity index (χ1) is 16.0. The number of pyridine rings is 1. The lowest BCUT2D eigenvalue weighted by Gasteiger charge is -2.17. The summed E-state index contributed by atoms with van der Waals surface area (Å²) in [7, 11) is 0. The molecule has 0 aliphatic heterocycles. The molecular formula is C25H24FN5O2. The van der Waals surface area contributed by atoms with Crippen molar-refractivity contribution in [1.82, 2.24) is 20.1 Å². The third-order valence-corrected chi connectivity index (χ3v) is 5.42. The molecule has 4 N–H and O–H groups in total. The van der Waals surface area contributed by atoms with Gasteiger partial charge in [-0.2, -0.15) is 5.10 Å². The fourth-order valence-electron chi connectivity index (χ4n) is 3.57. The number of rotatable bonds is 7. The molecule has 0 bridgehead atoms. The van der Waals surface area contributed by atoms with Crippen LogP contribution < -0.4 is 11.1 Å². The number of nitrogens with one attached hydrogen (secondary N) is 1. The van der Waals surface area contributed by atoms with E-state index < -0.39 is 17.8 Å². The molecule has 0 unspecified atom stereocenters. The molecule has 0 fully saturated rings. The van der Waals surface area contributed by atoms with Crippen molar-refractivity contribution >= 4 is 11.7 Å². The Morgan fingerprint density at radius 2 is 1.91 bits per heavy atom. The van der Waals surface area contributed by atoms with Crippen LogP contribution in [0.5, 0.6) is 0 Å². The van der Waals surface area contributed by atoms with Gasteiger partial charge in [0.1, 0.15) is 11.6 Å². The summed E-state index contributed by atoms with van der Waals surface area (Å²) in [5.74, 6) is -1.06. The predicted molar refractivity (Wildman–Crippen MR) is 125 cm³/mol. The van der Waals surface area contributed by atoms with Gasteiger partial charge in [-0.1, -0.05) is 36.4 Å². The second kappa shape index (κ2) is 9.62. The van der Waals surface area contributed by atoms with E-state index in [0.717, 1.165) is 23.2 Å². The van der Waals surface area contributed by atoms with Crippen molar-refractivity contribution in [2.75, 3.05) is 12.3 Å². The van der Waals surface area contributed by atoms with Gasteiger partial charge in [-0.25, -0.2) is 9.37 Å². The Bertz CT molecular complexity index is 1270. The van der Waals surface area contributed by atoms with E-state index >= 15 is 0 Å². The monoisotopic (exact) mass is 445 g/mol. The molecule has 2 aromatic carbocycles. The summed E-state index contributed by atoms with van der Waals surface area (Å²) in [4.78, 5) is 16.9. The van der Waals surface area contributed by atoms with E-state index in [1.54, 1.807) is 47.4 Å². The highest BCUT2D eigenvalue weighted by atomic mass is 19.1. The molecule has 0 saturated heterocycles. The Labute approximate surface area is 190 Å². The van der Waals surface area contributed by atoms with Gasteiger partial charge in [0.25, 0.3) is 5.91 Å². The minimum atomic E-state index is -0.696. The number of halogens is 1. The quantitative estimate of drug-likeness (QED) is 0.401. The first kappa shape index (κ1) is 22.2. The molecule has 168 valence electrons. The van der Waals surface area contributed by atoms with Crippen LogP contribution in [0.1, 0.15) is 28.9 Å². The summed E-state index contributed by atoms with van der Waals surface area (Å²) in [6.07, 6.45) is 5.28. The van der Waals surface area contributed by atoms with E-state index in [0.29, 0.717) is 11.1 Å². The van der Waals surface area contributed by atoms with Crippen LogP contribution in [0.3, 0.4) is 0 Å². The van der Waals surface area contributed by atoms with E-state index in [2.05, 4.69) is 15.4 Å². The smallest absolute Gasteiger partial charge is 0.254 e. The summed E-state index contributed by atoms with van der Waals surface area (Å²) in [5.41, 5.74) is 9.40. The average Bonchev–Trinajstić information content (AvgIpc) is 3.32. The third kappa shape index (κ3) is 4.75. The lowest BCUT2D eigenvalue weighted by Crippen LogP contribution is -2.31. The number of nitrogen functional groups attached to an aromatic ring is 1. The number of carbonyl (C=O) groups excluding carboxylic acids is 1. The third-order valence-electron chi connectivity index (χ3n) is 5.42. The van der Waals surface area contributed by atoms with Crippen molar-refractivity contribution in [3.63, 3.8) is 0 Å². The molecule has 0 radical (unpaired) electrons. The fraction of sp³-hybridized carbons (Fsp3) is 0.160. The van der Waals surface area contributed by atoms with Crippen molar-refractivity contribution in [2.45, 2.75) is 19.5 Å². The Balaban J connectivity index is 1.60. The van der Waals surface area contributed by atoms with Gasteiger partial charge in [0.15, 0.2) is 0 Å². The Hall–Kier alpha value is -4.04.